The zero-order valence-electron chi connectivity index (χ0n) is 13.2. The lowest BCUT2D eigenvalue weighted by Crippen LogP contribution is -2.60. The summed E-state index contributed by atoms with van der Waals surface area (Å²) in [4.78, 5) is 16.0. The number of aromatic nitrogens is 2. The third-order valence-corrected chi connectivity index (χ3v) is 3.69. The fourth-order valence-corrected chi connectivity index (χ4v) is 2.39. The molecule has 22 heavy (non-hydrogen) atoms. The summed E-state index contributed by atoms with van der Waals surface area (Å²) in [6.45, 7) is 9.15. The van der Waals surface area contributed by atoms with Crippen LogP contribution < -0.4 is 10.2 Å². The fraction of sp³-hybridized carbons (Fsp3) is 0.643. The Morgan fingerprint density at radius 2 is 2.18 bits per heavy atom. The maximum absolute atomic E-state index is 11.8. The maximum atomic E-state index is 11.8. The minimum atomic E-state index is -0.363. The van der Waals surface area contributed by atoms with Crippen LogP contribution in [0.15, 0.2) is 18.3 Å². The summed E-state index contributed by atoms with van der Waals surface area (Å²) in [6.07, 6.45) is 1.07. The van der Waals surface area contributed by atoms with Crippen LogP contribution >= 0.6 is 12.4 Å². The Morgan fingerprint density at radius 3 is 2.73 bits per heavy atom. The average molecular weight is 330 g/mol. The van der Waals surface area contributed by atoms with Crippen molar-refractivity contribution in [2.75, 3.05) is 31.1 Å². The van der Waals surface area contributed by atoms with Crippen molar-refractivity contribution in [3.05, 3.63) is 18.3 Å². The number of anilines is 1. The SMILES string of the molecule is CCN(CC)C(C)OC(=O)NC1CN(c2cccnn2)C1.Cl. The van der Waals surface area contributed by atoms with Crippen molar-refractivity contribution in [1.29, 1.82) is 0 Å². The second kappa shape index (κ2) is 8.75. The van der Waals surface area contributed by atoms with Gasteiger partial charge in [0.15, 0.2) is 12.0 Å². The van der Waals surface area contributed by atoms with Crippen LogP contribution in [0.25, 0.3) is 0 Å². The number of rotatable bonds is 6. The number of nitrogens with one attached hydrogen (secondary N) is 1. The van der Waals surface area contributed by atoms with Gasteiger partial charge >= 0.3 is 6.09 Å². The van der Waals surface area contributed by atoms with Gasteiger partial charge in [0.1, 0.15) is 0 Å². The lowest BCUT2D eigenvalue weighted by atomic mass is 10.1. The molecule has 1 amide bonds. The molecule has 1 unspecified atom stereocenters. The van der Waals surface area contributed by atoms with Gasteiger partial charge in [-0.3, -0.25) is 4.90 Å². The van der Waals surface area contributed by atoms with E-state index in [4.69, 9.17) is 4.74 Å². The van der Waals surface area contributed by atoms with Gasteiger partial charge in [0, 0.05) is 19.3 Å². The number of carbonyl (C=O) groups is 1. The number of halogens is 1. The van der Waals surface area contributed by atoms with Crippen LogP contribution in [0.1, 0.15) is 20.8 Å². The number of hydrogen-bond donors (Lipinski definition) is 1. The smallest absolute Gasteiger partial charge is 0.409 e. The summed E-state index contributed by atoms with van der Waals surface area (Å²) in [5.74, 6) is 0.834. The van der Waals surface area contributed by atoms with Gasteiger partial charge in [-0.05, 0) is 32.1 Å². The number of alkyl carbamates (subject to hydrolysis) is 1. The summed E-state index contributed by atoms with van der Waals surface area (Å²) < 4.78 is 5.37. The molecule has 0 aromatic carbocycles. The van der Waals surface area contributed by atoms with Gasteiger partial charge in [-0.2, -0.15) is 5.10 Å². The zero-order valence-corrected chi connectivity index (χ0v) is 14.0. The first kappa shape index (κ1) is 18.4. The topological polar surface area (TPSA) is 70.6 Å². The Morgan fingerprint density at radius 1 is 1.50 bits per heavy atom. The van der Waals surface area contributed by atoms with Crippen LogP contribution in [0.3, 0.4) is 0 Å². The molecule has 2 heterocycles. The number of carbonyl (C=O) groups excluding carboxylic acids is 1. The molecule has 1 saturated heterocycles. The summed E-state index contributed by atoms with van der Waals surface area (Å²) in [5.41, 5.74) is 0. The Balaban J connectivity index is 0.00000242. The quantitative estimate of drug-likeness (QED) is 0.798. The molecular weight excluding hydrogens is 306 g/mol. The third kappa shape index (κ3) is 4.71. The van der Waals surface area contributed by atoms with Gasteiger partial charge in [-0.1, -0.05) is 13.8 Å². The van der Waals surface area contributed by atoms with E-state index >= 15 is 0 Å². The Bertz CT molecular complexity index is 452. The van der Waals surface area contributed by atoms with Gasteiger partial charge in [-0.15, -0.1) is 17.5 Å². The molecule has 1 aromatic heterocycles. The molecule has 124 valence electrons. The summed E-state index contributed by atoms with van der Waals surface area (Å²) >= 11 is 0. The van der Waals surface area contributed by atoms with Crippen molar-refractivity contribution in [1.82, 2.24) is 20.4 Å². The molecule has 0 bridgehead atoms. The van der Waals surface area contributed by atoms with E-state index in [1.807, 2.05) is 32.9 Å². The zero-order chi connectivity index (χ0) is 15.2. The van der Waals surface area contributed by atoms with Crippen LogP contribution in [-0.4, -0.2) is 59.6 Å². The van der Waals surface area contributed by atoms with Gasteiger partial charge in [-0.25, -0.2) is 4.79 Å². The standard InChI is InChI=1S/C14H23N5O2.ClH/c1-4-18(5-2)11(3)21-14(20)16-12-9-19(10-12)13-7-6-8-15-17-13;/h6-8,11-12H,4-5,9-10H2,1-3H3,(H,16,20);1H. The fourth-order valence-electron chi connectivity index (χ4n) is 2.39. The van der Waals surface area contributed by atoms with Crippen molar-refractivity contribution < 1.29 is 9.53 Å². The first-order valence-electron chi connectivity index (χ1n) is 7.37. The van der Waals surface area contributed by atoms with E-state index in [0.29, 0.717) is 0 Å². The molecule has 7 nitrogen and oxygen atoms in total. The van der Waals surface area contributed by atoms with Crippen molar-refractivity contribution in [2.24, 2.45) is 0 Å². The summed E-state index contributed by atoms with van der Waals surface area (Å²) in [7, 11) is 0. The monoisotopic (exact) mass is 329 g/mol. The molecule has 0 saturated carbocycles. The molecule has 1 aliphatic heterocycles. The van der Waals surface area contributed by atoms with E-state index < -0.39 is 0 Å². The highest BCUT2D eigenvalue weighted by molar-refractivity contribution is 5.85. The second-order valence-electron chi connectivity index (χ2n) is 5.05. The Kier molecular flexibility index (Phi) is 7.34. The molecule has 8 heteroatoms. The van der Waals surface area contributed by atoms with Crippen LogP contribution in [-0.2, 0) is 4.74 Å². The molecule has 1 fully saturated rings. The van der Waals surface area contributed by atoms with Crippen LogP contribution in [0, 0.1) is 0 Å². The van der Waals surface area contributed by atoms with Gasteiger partial charge < -0.3 is 15.0 Å². The molecule has 1 atom stereocenters. The van der Waals surface area contributed by atoms with Gasteiger partial charge in [0.25, 0.3) is 0 Å². The first-order chi connectivity index (χ1) is 10.1. The minimum Gasteiger partial charge on any atom is -0.431 e. The average Bonchev–Trinajstić information content (AvgIpc) is 2.44. The minimum absolute atomic E-state index is 0. The molecule has 0 spiro atoms. The lowest BCUT2D eigenvalue weighted by molar-refractivity contribution is 0.00289. The molecule has 1 aromatic rings. The number of nitrogens with zero attached hydrogens (tertiary/aromatic N) is 4. The predicted octanol–water partition coefficient (Wildman–Crippen LogP) is 1.50. The van der Waals surface area contributed by atoms with Crippen LogP contribution in [0.2, 0.25) is 0 Å². The highest BCUT2D eigenvalue weighted by atomic mass is 35.5. The van der Waals surface area contributed by atoms with E-state index in [-0.39, 0.29) is 30.8 Å². The van der Waals surface area contributed by atoms with Crippen LogP contribution in [0.4, 0.5) is 10.6 Å². The normalized spacial score (nSPS) is 15.7. The largest absolute Gasteiger partial charge is 0.431 e. The van der Waals surface area contributed by atoms with Crippen molar-refractivity contribution >= 4 is 24.3 Å². The van der Waals surface area contributed by atoms with Gasteiger partial charge in [0.2, 0.25) is 0 Å². The third-order valence-electron chi connectivity index (χ3n) is 3.69. The van der Waals surface area contributed by atoms with Crippen molar-refractivity contribution in [2.45, 2.75) is 33.0 Å². The number of amides is 1. The van der Waals surface area contributed by atoms with Crippen LogP contribution in [0.5, 0.6) is 0 Å². The molecule has 2 rings (SSSR count). The molecule has 1 N–H and O–H groups in total. The molecule has 0 radical (unpaired) electrons. The highest BCUT2D eigenvalue weighted by Crippen LogP contribution is 2.16. The van der Waals surface area contributed by atoms with Gasteiger partial charge in [0.05, 0.1) is 6.04 Å². The van der Waals surface area contributed by atoms with E-state index in [9.17, 15) is 4.79 Å². The predicted molar refractivity (Wildman–Crippen MR) is 87.3 cm³/mol. The Labute approximate surface area is 137 Å². The van der Waals surface area contributed by atoms with E-state index in [1.54, 1.807) is 6.20 Å². The summed E-state index contributed by atoms with van der Waals surface area (Å²) in [6, 6.07) is 3.86. The van der Waals surface area contributed by atoms with E-state index in [0.717, 1.165) is 32.0 Å². The molecule has 0 aliphatic carbocycles. The molecular formula is C14H24ClN5O2. The lowest BCUT2D eigenvalue weighted by Gasteiger charge is -2.40. The first-order valence-corrected chi connectivity index (χ1v) is 7.37. The number of ether oxygens (including phenoxy) is 1. The molecule has 1 aliphatic rings. The Hall–Kier alpha value is -1.60. The second-order valence-corrected chi connectivity index (χ2v) is 5.05. The van der Waals surface area contributed by atoms with Crippen molar-refractivity contribution in [3.8, 4) is 0 Å². The van der Waals surface area contributed by atoms with Crippen molar-refractivity contribution in [3.63, 3.8) is 0 Å². The number of hydrogen-bond acceptors (Lipinski definition) is 6. The summed E-state index contributed by atoms with van der Waals surface area (Å²) in [5, 5.41) is 10.7. The highest BCUT2D eigenvalue weighted by Gasteiger charge is 2.30. The van der Waals surface area contributed by atoms with E-state index in [1.165, 1.54) is 0 Å². The maximum Gasteiger partial charge on any atom is 0.409 e. The van der Waals surface area contributed by atoms with E-state index in [2.05, 4.69) is 25.3 Å².